The number of carboxylic acid groups (broad SMARTS) is 1. The molecule has 0 spiro atoms. The molecule has 2 aliphatic heterocycles. The average Bonchev–Trinajstić information content (AvgIpc) is 2.97. The predicted octanol–water partition coefficient (Wildman–Crippen LogP) is 1.22. The SMILES string of the molecule is CC(CNC(=O)N1CCCC(C(=O)O)C1)CN1CCCC1. The Morgan fingerprint density at radius 1 is 1.24 bits per heavy atom. The summed E-state index contributed by atoms with van der Waals surface area (Å²) in [6.07, 6.45) is 4.01. The zero-order valence-electron chi connectivity index (χ0n) is 12.9. The van der Waals surface area contributed by atoms with E-state index in [1.54, 1.807) is 4.90 Å². The third-order valence-corrected chi connectivity index (χ3v) is 4.43. The number of hydrogen-bond donors (Lipinski definition) is 2. The number of hydrogen-bond acceptors (Lipinski definition) is 3. The molecule has 6 heteroatoms. The first-order valence-electron chi connectivity index (χ1n) is 8.04. The lowest BCUT2D eigenvalue weighted by Gasteiger charge is -2.31. The molecule has 2 amide bonds. The Hall–Kier alpha value is -1.30. The number of aliphatic carboxylic acids is 1. The van der Waals surface area contributed by atoms with Gasteiger partial charge in [0.1, 0.15) is 0 Å². The monoisotopic (exact) mass is 297 g/mol. The van der Waals surface area contributed by atoms with E-state index < -0.39 is 11.9 Å². The van der Waals surface area contributed by atoms with Crippen molar-refractivity contribution in [3.8, 4) is 0 Å². The highest BCUT2D eigenvalue weighted by Crippen LogP contribution is 2.16. The molecule has 0 aromatic heterocycles. The molecule has 2 N–H and O–H groups in total. The van der Waals surface area contributed by atoms with Gasteiger partial charge in [0.25, 0.3) is 0 Å². The molecule has 120 valence electrons. The van der Waals surface area contributed by atoms with E-state index in [0.29, 0.717) is 32.0 Å². The first-order valence-corrected chi connectivity index (χ1v) is 8.04. The summed E-state index contributed by atoms with van der Waals surface area (Å²) < 4.78 is 0. The largest absolute Gasteiger partial charge is 0.481 e. The van der Waals surface area contributed by atoms with E-state index in [4.69, 9.17) is 5.11 Å². The maximum atomic E-state index is 12.1. The number of nitrogens with one attached hydrogen (secondary N) is 1. The van der Waals surface area contributed by atoms with Crippen molar-refractivity contribution in [2.24, 2.45) is 11.8 Å². The summed E-state index contributed by atoms with van der Waals surface area (Å²) in [4.78, 5) is 27.2. The number of rotatable bonds is 5. The number of likely N-dealkylation sites (tertiary alicyclic amines) is 2. The van der Waals surface area contributed by atoms with Crippen molar-refractivity contribution in [3.05, 3.63) is 0 Å². The second-order valence-corrected chi connectivity index (χ2v) is 6.42. The highest BCUT2D eigenvalue weighted by molar-refractivity contribution is 5.76. The number of nitrogens with zero attached hydrogens (tertiary/aromatic N) is 2. The summed E-state index contributed by atoms with van der Waals surface area (Å²) in [5.41, 5.74) is 0. The second kappa shape index (κ2) is 7.64. The average molecular weight is 297 g/mol. The molecule has 0 aromatic rings. The molecular formula is C15H27N3O3. The van der Waals surface area contributed by atoms with Crippen LogP contribution in [0.2, 0.25) is 0 Å². The zero-order valence-corrected chi connectivity index (χ0v) is 12.9. The highest BCUT2D eigenvalue weighted by Gasteiger charge is 2.28. The van der Waals surface area contributed by atoms with Crippen molar-refractivity contribution in [3.63, 3.8) is 0 Å². The molecule has 0 saturated carbocycles. The summed E-state index contributed by atoms with van der Waals surface area (Å²) in [7, 11) is 0. The van der Waals surface area contributed by atoms with Gasteiger partial charge in [0.2, 0.25) is 0 Å². The second-order valence-electron chi connectivity index (χ2n) is 6.42. The number of urea groups is 1. The van der Waals surface area contributed by atoms with E-state index in [1.807, 2.05) is 0 Å². The van der Waals surface area contributed by atoms with Crippen LogP contribution in [0.3, 0.4) is 0 Å². The first kappa shape index (κ1) is 16.1. The molecule has 0 bridgehead atoms. The normalized spacial score (nSPS) is 24.8. The van der Waals surface area contributed by atoms with Gasteiger partial charge in [-0.15, -0.1) is 0 Å². The van der Waals surface area contributed by atoms with Crippen LogP contribution in [0.1, 0.15) is 32.6 Å². The molecule has 6 nitrogen and oxygen atoms in total. The zero-order chi connectivity index (χ0) is 15.2. The Bertz CT molecular complexity index is 369. The molecule has 2 unspecified atom stereocenters. The lowest BCUT2D eigenvalue weighted by atomic mass is 9.99. The Labute approximate surface area is 126 Å². The van der Waals surface area contributed by atoms with Gasteiger partial charge < -0.3 is 20.2 Å². The number of carbonyl (C=O) groups is 2. The van der Waals surface area contributed by atoms with E-state index in [2.05, 4.69) is 17.1 Å². The summed E-state index contributed by atoms with van der Waals surface area (Å²) in [5.74, 6) is -0.784. The van der Waals surface area contributed by atoms with Crippen molar-refractivity contribution in [1.29, 1.82) is 0 Å². The van der Waals surface area contributed by atoms with Gasteiger partial charge in [-0.3, -0.25) is 4.79 Å². The molecule has 0 radical (unpaired) electrons. The molecule has 21 heavy (non-hydrogen) atoms. The molecule has 2 aliphatic rings. The highest BCUT2D eigenvalue weighted by atomic mass is 16.4. The van der Waals surface area contributed by atoms with Crippen LogP contribution in [0.5, 0.6) is 0 Å². The molecule has 0 aromatic carbocycles. The van der Waals surface area contributed by atoms with Crippen LogP contribution in [-0.2, 0) is 4.79 Å². The Morgan fingerprint density at radius 3 is 2.62 bits per heavy atom. The van der Waals surface area contributed by atoms with Gasteiger partial charge in [-0.2, -0.15) is 0 Å². The summed E-state index contributed by atoms with van der Waals surface area (Å²) in [5, 5.41) is 12.0. The van der Waals surface area contributed by atoms with Gasteiger partial charge in [-0.25, -0.2) is 4.79 Å². The molecule has 2 rings (SSSR count). The van der Waals surface area contributed by atoms with Gasteiger partial charge in [0.05, 0.1) is 5.92 Å². The van der Waals surface area contributed by atoms with Gasteiger partial charge in [-0.1, -0.05) is 6.92 Å². The van der Waals surface area contributed by atoms with E-state index in [0.717, 1.165) is 13.0 Å². The number of piperidine rings is 1. The number of carbonyl (C=O) groups excluding carboxylic acids is 1. The van der Waals surface area contributed by atoms with Crippen LogP contribution >= 0.6 is 0 Å². The maximum Gasteiger partial charge on any atom is 0.317 e. The smallest absolute Gasteiger partial charge is 0.317 e. The minimum absolute atomic E-state index is 0.116. The first-order chi connectivity index (χ1) is 10.1. The Balaban J connectivity index is 1.69. The fourth-order valence-corrected chi connectivity index (χ4v) is 3.21. The van der Waals surface area contributed by atoms with Crippen LogP contribution < -0.4 is 5.32 Å². The fraction of sp³-hybridized carbons (Fsp3) is 0.867. The topological polar surface area (TPSA) is 72.9 Å². The van der Waals surface area contributed by atoms with Crippen LogP contribution in [0.15, 0.2) is 0 Å². The molecular weight excluding hydrogens is 270 g/mol. The number of amides is 2. The quantitative estimate of drug-likeness (QED) is 0.800. The maximum absolute atomic E-state index is 12.1. The van der Waals surface area contributed by atoms with Crippen molar-refractivity contribution in [2.75, 3.05) is 39.3 Å². The lowest BCUT2D eigenvalue weighted by molar-refractivity contribution is -0.143. The molecule has 2 fully saturated rings. The molecule has 0 aliphatic carbocycles. The fourth-order valence-electron chi connectivity index (χ4n) is 3.21. The predicted molar refractivity (Wildman–Crippen MR) is 80.2 cm³/mol. The van der Waals surface area contributed by atoms with Crippen LogP contribution in [0.25, 0.3) is 0 Å². The van der Waals surface area contributed by atoms with E-state index in [1.165, 1.54) is 25.9 Å². The van der Waals surface area contributed by atoms with Crippen LogP contribution in [0.4, 0.5) is 4.79 Å². The van der Waals surface area contributed by atoms with Gasteiger partial charge in [0.15, 0.2) is 0 Å². The third-order valence-electron chi connectivity index (χ3n) is 4.43. The van der Waals surface area contributed by atoms with Gasteiger partial charge >= 0.3 is 12.0 Å². The van der Waals surface area contributed by atoms with Gasteiger partial charge in [-0.05, 0) is 44.7 Å². The minimum atomic E-state index is -0.796. The van der Waals surface area contributed by atoms with Crippen molar-refractivity contribution >= 4 is 12.0 Å². The van der Waals surface area contributed by atoms with E-state index >= 15 is 0 Å². The van der Waals surface area contributed by atoms with Crippen molar-refractivity contribution in [2.45, 2.75) is 32.6 Å². The van der Waals surface area contributed by atoms with Crippen LogP contribution in [-0.4, -0.2) is 66.2 Å². The molecule has 2 saturated heterocycles. The number of carboxylic acids is 1. The van der Waals surface area contributed by atoms with Crippen LogP contribution in [0, 0.1) is 11.8 Å². The Kier molecular flexibility index (Phi) is 5.85. The standard InChI is InChI=1S/C15H27N3O3/c1-12(10-17-6-2-3-7-17)9-16-15(21)18-8-4-5-13(11-18)14(19)20/h12-13H,2-11H2,1H3,(H,16,21)(H,19,20). The van der Waals surface area contributed by atoms with Gasteiger partial charge in [0, 0.05) is 26.2 Å². The minimum Gasteiger partial charge on any atom is -0.481 e. The van der Waals surface area contributed by atoms with E-state index in [9.17, 15) is 9.59 Å². The lowest BCUT2D eigenvalue weighted by Crippen LogP contribution is -2.48. The third kappa shape index (κ3) is 4.88. The van der Waals surface area contributed by atoms with Crippen molar-refractivity contribution < 1.29 is 14.7 Å². The molecule has 2 atom stereocenters. The molecule has 2 heterocycles. The van der Waals surface area contributed by atoms with Crippen molar-refractivity contribution in [1.82, 2.24) is 15.1 Å². The summed E-state index contributed by atoms with van der Waals surface area (Å²) >= 11 is 0. The summed E-state index contributed by atoms with van der Waals surface area (Å²) in [6, 6.07) is -0.116. The van der Waals surface area contributed by atoms with E-state index in [-0.39, 0.29) is 6.03 Å². The summed E-state index contributed by atoms with van der Waals surface area (Å²) in [6.45, 7) is 7.17. The Morgan fingerprint density at radius 2 is 1.95 bits per heavy atom.